The number of nitrogens with one attached hydrogen (secondary N) is 1. The van der Waals surface area contributed by atoms with Gasteiger partial charge in [-0.05, 0) is 37.1 Å². The second kappa shape index (κ2) is 5.25. The average molecular weight is 311 g/mol. The number of aryl methyl sites for hydroxylation is 1. The Balaban J connectivity index is 1.75. The third-order valence-corrected chi connectivity index (χ3v) is 4.96. The molecule has 0 radical (unpaired) electrons. The van der Waals surface area contributed by atoms with Gasteiger partial charge in [0.15, 0.2) is 0 Å². The largest absolute Gasteiger partial charge is 0.349 e. The van der Waals surface area contributed by atoms with Gasteiger partial charge in [-0.2, -0.15) is 0 Å². The minimum atomic E-state index is 0.0428. The maximum Gasteiger partial charge on any atom is 0.261 e. The molecule has 0 unspecified atom stereocenters. The van der Waals surface area contributed by atoms with E-state index >= 15 is 0 Å². The van der Waals surface area contributed by atoms with Crippen LogP contribution in [0.5, 0.6) is 0 Å². The first-order chi connectivity index (χ1) is 10.8. The number of hydrogen-bond donors (Lipinski definition) is 1. The Kier molecular flexibility index (Phi) is 3.22. The summed E-state index contributed by atoms with van der Waals surface area (Å²) >= 11 is 1.52. The Morgan fingerprint density at radius 1 is 1.32 bits per heavy atom. The lowest BCUT2D eigenvalue weighted by atomic mass is 10.3. The van der Waals surface area contributed by atoms with Crippen LogP contribution in [0.1, 0.15) is 35.3 Å². The van der Waals surface area contributed by atoms with Crippen LogP contribution in [0.4, 0.5) is 0 Å². The van der Waals surface area contributed by atoms with Crippen LogP contribution in [0, 0.1) is 0 Å². The molecule has 4 rings (SSSR count). The van der Waals surface area contributed by atoms with Crippen molar-refractivity contribution in [2.24, 2.45) is 0 Å². The van der Waals surface area contributed by atoms with E-state index in [-0.39, 0.29) is 5.91 Å². The molecule has 5 heteroatoms. The van der Waals surface area contributed by atoms with E-state index in [9.17, 15) is 4.79 Å². The molecule has 1 aliphatic carbocycles. The van der Waals surface area contributed by atoms with Crippen LogP contribution in [0.25, 0.3) is 16.0 Å². The Morgan fingerprint density at radius 2 is 2.14 bits per heavy atom. The number of imidazole rings is 1. The van der Waals surface area contributed by atoms with Crippen molar-refractivity contribution < 1.29 is 4.79 Å². The SMILES string of the molecule is CCc1nc2ccccc2n1-c1ccc(C(=O)NC2CC2)s1. The van der Waals surface area contributed by atoms with Gasteiger partial charge in [0.2, 0.25) is 0 Å². The number of thiophene rings is 1. The predicted molar refractivity (Wildman–Crippen MR) is 88.8 cm³/mol. The Bertz CT molecular complexity index is 845. The smallest absolute Gasteiger partial charge is 0.261 e. The number of fused-ring (bicyclic) bond motifs is 1. The van der Waals surface area contributed by atoms with Crippen molar-refractivity contribution in [1.82, 2.24) is 14.9 Å². The quantitative estimate of drug-likeness (QED) is 0.801. The van der Waals surface area contributed by atoms with Gasteiger partial charge in [-0.25, -0.2) is 4.98 Å². The van der Waals surface area contributed by atoms with Crippen molar-refractivity contribution in [3.63, 3.8) is 0 Å². The maximum atomic E-state index is 12.2. The van der Waals surface area contributed by atoms with E-state index in [0.29, 0.717) is 6.04 Å². The van der Waals surface area contributed by atoms with Crippen molar-refractivity contribution in [3.8, 4) is 5.00 Å². The Labute approximate surface area is 132 Å². The number of nitrogens with zero attached hydrogens (tertiary/aromatic N) is 2. The maximum absolute atomic E-state index is 12.2. The molecule has 1 fully saturated rings. The van der Waals surface area contributed by atoms with Crippen LogP contribution in [-0.4, -0.2) is 21.5 Å². The average Bonchev–Trinajstić information content (AvgIpc) is 3.09. The summed E-state index contributed by atoms with van der Waals surface area (Å²) in [6.07, 6.45) is 3.07. The number of carbonyl (C=O) groups excluding carboxylic acids is 1. The van der Waals surface area contributed by atoms with Gasteiger partial charge in [0.05, 0.1) is 15.9 Å². The number of carbonyl (C=O) groups is 1. The molecular weight excluding hydrogens is 294 g/mol. The summed E-state index contributed by atoms with van der Waals surface area (Å²) in [4.78, 5) is 17.6. The number of amides is 1. The molecule has 0 spiro atoms. The third kappa shape index (κ3) is 2.31. The first kappa shape index (κ1) is 13.5. The van der Waals surface area contributed by atoms with Gasteiger partial charge in [-0.3, -0.25) is 9.36 Å². The molecule has 1 aromatic carbocycles. The molecule has 3 aromatic rings. The number of benzene rings is 1. The third-order valence-electron chi connectivity index (χ3n) is 3.90. The van der Waals surface area contributed by atoms with Crippen LogP contribution in [-0.2, 0) is 6.42 Å². The highest BCUT2D eigenvalue weighted by Gasteiger charge is 2.24. The molecule has 1 saturated carbocycles. The second-order valence-corrected chi connectivity index (χ2v) is 6.65. The van der Waals surface area contributed by atoms with Crippen molar-refractivity contribution >= 4 is 28.3 Å². The lowest BCUT2D eigenvalue weighted by Gasteiger charge is -2.04. The van der Waals surface area contributed by atoms with E-state index in [1.165, 1.54) is 11.3 Å². The van der Waals surface area contributed by atoms with E-state index in [1.807, 2.05) is 30.3 Å². The number of rotatable bonds is 4. The second-order valence-electron chi connectivity index (χ2n) is 5.59. The molecule has 2 aromatic heterocycles. The van der Waals surface area contributed by atoms with Gasteiger partial charge in [0, 0.05) is 12.5 Å². The molecule has 1 amide bonds. The standard InChI is InChI=1S/C17H17N3OS/c1-2-15-19-12-5-3-4-6-13(12)20(15)16-10-9-14(22-16)17(21)18-11-7-8-11/h3-6,9-11H,2,7-8H2,1H3,(H,18,21). The minimum absolute atomic E-state index is 0.0428. The van der Waals surface area contributed by atoms with Crippen LogP contribution in [0.15, 0.2) is 36.4 Å². The molecule has 2 heterocycles. The molecule has 22 heavy (non-hydrogen) atoms. The number of hydrogen-bond acceptors (Lipinski definition) is 3. The molecule has 1 N–H and O–H groups in total. The Morgan fingerprint density at radius 3 is 2.91 bits per heavy atom. The molecular formula is C17H17N3OS. The van der Waals surface area contributed by atoms with E-state index < -0.39 is 0 Å². The first-order valence-corrected chi connectivity index (χ1v) is 8.45. The van der Waals surface area contributed by atoms with Gasteiger partial charge in [0.1, 0.15) is 10.8 Å². The van der Waals surface area contributed by atoms with E-state index in [0.717, 1.165) is 46.0 Å². The van der Waals surface area contributed by atoms with Gasteiger partial charge >= 0.3 is 0 Å². The van der Waals surface area contributed by atoms with Crippen LogP contribution in [0.2, 0.25) is 0 Å². The van der Waals surface area contributed by atoms with Crippen LogP contribution >= 0.6 is 11.3 Å². The monoisotopic (exact) mass is 311 g/mol. The fourth-order valence-electron chi connectivity index (χ4n) is 2.61. The highest BCUT2D eigenvalue weighted by molar-refractivity contribution is 7.16. The van der Waals surface area contributed by atoms with Crippen molar-refractivity contribution in [3.05, 3.63) is 47.1 Å². The fourth-order valence-corrected chi connectivity index (χ4v) is 3.56. The van der Waals surface area contributed by atoms with Gasteiger partial charge < -0.3 is 5.32 Å². The van der Waals surface area contributed by atoms with E-state index in [2.05, 4.69) is 27.9 Å². The summed E-state index contributed by atoms with van der Waals surface area (Å²) in [6.45, 7) is 2.10. The summed E-state index contributed by atoms with van der Waals surface area (Å²) in [7, 11) is 0. The molecule has 1 aliphatic rings. The minimum Gasteiger partial charge on any atom is -0.349 e. The van der Waals surface area contributed by atoms with Gasteiger partial charge in [-0.15, -0.1) is 11.3 Å². The molecule has 0 atom stereocenters. The molecule has 4 nitrogen and oxygen atoms in total. The molecule has 0 bridgehead atoms. The zero-order chi connectivity index (χ0) is 15.1. The Hall–Kier alpha value is -2.14. The van der Waals surface area contributed by atoms with Crippen molar-refractivity contribution in [2.45, 2.75) is 32.2 Å². The van der Waals surface area contributed by atoms with Crippen LogP contribution < -0.4 is 5.32 Å². The molecule has 0 saturated heterocycles. The summed E-state index contributed by atoms with van der Waals surface area (Å²) in [5, 5.41) is 4.09. The lowest BCUT2D eigenvalue weighted by molar-refractivity contribution is 0.0955. The van der Waals surface area contributed by atoms with Crippen LogP contribution in [0.3, 0.4) is 0 Å². The van der Waals surface area contributed by atoms with Gasteiger partial charge in [-0.1, -0.05) is 19.1 Å². The zero-order valence-corrected chi connectivity index (χ0v) is 13.2. The topological polar surface area (TPSA) is 46.9 Å². The fraction of sp³-hybridized carbons (Fsp3) is 0.294. The van der Waals surface area contributed by atoms with E-state index in [1.54, 1.807) is 0 Å². The van der Waals surface area contributed by atoms with Crippen molar-refractivity contribution in [1.29, 1.82) is 0 Å². The van der Waals surface area contributed by atoms with E-state index in [4.69, 9.17) is 0 Å². The molecule has 0 aliphatic heterocycles. The van der Waals surface area contributed by atoms with Crippen molar-refractivity contribution in [2.75, 3.05) is 0 Å². The highest BCUT2D eigenvalue weighted by atomic mass is 32.1. The number of aromatic nitrogens is 2. The van der Waals surface area contributed by atoms with Gasteiger partial charge in [0.25, 0.3) is 5.91 Å². The zero-order valence-electron chi connectivity index (χ0n) is 12.4. The highest BCUT2D eigenvalue weighted by Crippen LogP contribution is 2.28. The normalized spacial score (nSPS) is 14.4. The summed E-state index contributed by atoms with van der Waals surface area (Å²) < 4.78 is 2.16. The number of para-hydroxylation sites is 2. The summed E-state index contributed by atoms with van der Waals surface area (Å²) in [5.41, 5.74) is 2.09. The first-order valence-electron chi connectivity index (χ1n) is 7.63. The lowest BCUT2D eigenvalue weighted by Crippen LogP contribution is -2.24. The summed E-state index contributed by atoms with van der Waals surface area (Å²) in [5.74, 6) is 1.07. The summed E-state index contributed by atoms with van der Waals surface area (Å²) in [6, 6.07) is 12.4. The molecule has 112 valence electrons. The predicted octanol–water partition coefficient (Wildman–Crippen LogP) is 3.54.